The highest BCUT2D eigenvalue weighted by Gasteiger charge is 2.54. The van der Waals surface area contributed by atoms with E-state index in [0.717, 1.165) is 32.1 Å². The van der Waals surface area contributed by atoms with E-state index in [-0.39, 0.29) is 28.8 Å². The molecule has 100 valence electrons. The number of ketones is 2. The molecule has 3 fully saturated rings. The normalized spacial score (nSPS) is 30.9. The molecular weight excluding hydrogens is 224 g/mol. The zero-order valence-corrected chi connectivity index (χ0v) is 11.3. The molecule has 2 spiro atoms. The van der Waals surface area contributed by atoms with Gasteiger partial charge in [-0.1, -0.05) is 38.5 Å². The van der Waals surface area contributed by atoms with Crippen molar-refractivity contribution in [1.82, 2.24) is 0 Å². The van der Waals surface area contributed by atoms with Crippen molar-refractivity contribution in [2.24, 2.45) is 10.8 Å². The molecule has 0 saturated heterocycles. The average molecular weight is 248 g/mol. The van der Waals surface area contributed by atoms with Gasteiger partial charge in [0.15, 0.2) is 0 Å². The van der Waals surface area contributed by atoms with Gasteiger partial charge in [0.05, 0.1) is 6.42 Å². The Morgan fingerprint density at radius 2 is 1.00 bits per heavy atom. The van der Waals surface area contributed by atoms with Crippen LogP contribution in [-0.2, 0) is 9.59 Å². The predicted octanol–water partition coefficient (Wildman–Crippen LogP) is 3.82. The molecule has 18 heavy (non-hydrogen) atoms. The summed E-state index contributed by atoms with van der Waals surface area (Å²) >= 11 is 0. The lowest BCUT2D eigenvalue weighted by molar-refractivity contribution is -0.151. The van der Waals surface area contributed by atoms with Gasteiger partial charge >= 0.3 is 0 Å². The Kier molecular flexibility index (Phi) is 3.07. The van der Waals surface area contributed by atoms with Crippen molar-refractivity contribution < 1.29 is 9.59 Å². The largest absolute Gasteiger partial charge is 0.299 e. The van der Waals surface area contributed by atoms with E-state index in [2.05, 4.69) is 0 Å². The van der Waals surface area contributed by atoms with Crippen molar-refractivity contribution in [2.75, 3.05) is 0 Å². The van der Waals surface area contributed by atoms with Crippen LogP contribution in [0.25, 0.3) is 0 Å². The van der Waals surface area contributed by atoms with Gasteiger partial charge in [-0.25, -0.2) is 0 Å². The van der Waals surface area contributed by atoms with E-state index in [1.54, 1.807) is 0 Å². The molecule has 0 atom stereocenters. The molecule has 3 rings (SSSR count). The van der Waals surface area contributed by atoms with Crippen molar-refractivity contribution in [3.63, 3.8) is 0 Å². The molecule has 0 aromatic heterocycles. The van der Waals surface area contributed by atoms with Gasteiger partial charge in [0.1, 0.15) is 11.6 Å². The van der Waals surface area contributed by atoms with Crippen molar-refractivity contribution >= 4 is 11.6 Å². The van der Waals surface area contributed by atoms with Crippen LogP contribution in [0.2, 0.25) is 0 Å². The van der Waals surface area contributed by atoms with Gasteiger partial charge in [0.2, 0.25) is 0 Å². The molecular formula is C16H24O2. The predicted molar refractivity (Wildman–Crippen MR) is 70.3 cm³/mol. The van der Waals surface area contributed by atoms with E-state index in [1.165, 1.54) is 38.5 Å². The van der Waals surface area contributed by atoms with Crippen LogP contribution in [0.3, 0.4) is 0 Å². The summed E-state index contributed by atoms with van der Waals surface area (Å²) in [7, 11) is 0. The van der Waals surface area contributed by atoms with Crippen LogP contribution >= 0.6 is 0 Å². The lowest BCUT2D eigenvalue weighted by Crippen LogP contribution is -2.50. The second kappa shape index (κ2) is 4.47. The third kappa shape index (κ3) is 1.85. The standard InChI is InChI=1S/C16H24O2/c17-13-11-14(18)16(9-5-2-6-10-16)12-15(13)7-3-1-4-8-15/h1-12H2. The summed E-state index contributed by atoms with van der Waals surface area (Å²) in [5.41, 5.74) is -0.187. The van der Waals surface area contributed by atoms with Gasteiger partial charge in [0.25, 0.3) is 0 Å². The summed E-state index contributed by atoms with van der Waals surface area (Å²) in [4.78, 5) is 24.8. The summed E-state index contributed by atoms with van der Waals surface area (Å²) in [5, 5.41) is 0. The minimum Gasteiger partial charge on any atom is -0.299 e. The molecule has 0 radical (unpaired) electrons. The number of rotatable bonds is 0. The van der Waals surface area contributed by atoms with Crippen LogP contribution in [0.1, 0.15) is 77.0 Å². The van der Waals surface area contributed by atoms with Gasteiger partial charge in [-0.2, -0.15) is 0 Å². The highest BCUT2D eigenvalue weighted by Crippen LogP contribution is 2.55. The molecule has 2 heteroatoms. The summed E-state index contributed by atoms with van der Waals surface area (Å²) < 4.78 is 0. The average Bonchev–Trinajstić information content (AvgIpc) is 2.39. The molecule has 0 aromatic rings. The smallest absolute Gasteiger partial charge is 0.146 e. The number of carbonyl (C=O) groups excluding carboxylic acids is 2. The van der Waals surface area contributed by atoms with Gasteiger partial charge in [-0.15, -0.1) is 0 Å². The highest BCUT2D eigenvalue weighted by atomic mass is 16.2. The van der Waals surface area contributed by atoms with Crippen LogP contribution in [0.5, 0.6) is 0 Å². The molecule has 0 aromatic carbocycles. The maximum Gasteiger partial charge on any atom is 0.146 e. The molecule has 0 heterocycles. The van der Waals surface area contributed by atoms with E-state index in [1.807, 2.05) is 0 Å². The Hall–Kier alpha value is -0.660. The molecule has 3 aliphatic rings. The maximum atomic E-state index is 12.4. The first kappa shape index (κ1) is 12.4. The minimum absolute atomic E-state index is 0.0937. The minimum atomic E-state index is -0.0937. The Balaban J connectivity index is 1.88. The molecule has 2 nitrogen and oxygen atoms in total. The third-order valence-corrected chi connectivity index (χ3v) is 5.80. The molecule has 0 unspecified atom stereocenters. The third-order valence-electron chi connectivity index (χ3n) is 5.80. The first-order chi connectivity index (χ1) is 8.67. The first-order valence-corrected chi connectivity index (χ1v) is 7.74. The van der Waals surface area contributed by atoms with E-state index in [4.69, 9.17) is 0 Å². The monoisotopic (exact) mass is 248 g/mol. The zero-order chi connectivity index (χ0) is 12.6. The van der Waals surface area contributed by atoms with Crippen LogP contribution in [0, 0.1) is 10.8 Å². The molecule has 3 aliphatic carbocycles. The van der Waals surface area contributed by atoms with Crippen LogP contribution in [0.4, 0.5) is 0 Å². The Labute approximate surface area is 110 Å². The zero-order valence-electron chi connectivity index (χ0n) is 11.3. The highest BCUT2D eigenvalue weighted by molar-refractivity contribution is 6.07. The summed E-state index contributed by atoms with van der Waals surface area (Å²) in [6.07, 6.45) is 12.7. The lowest BCUT2D eigenvalue weighted by Gasteiger charge is -2.49. The lowest BCUT2D eigenvalue weighted by atomic mass is 9.53. The molecule has 0 bridgehead atoms. The first-order valence-electron chi connectivity index (χ1n) is 7.74. The van der Waals surface area contributed by atoms with Gasteiger partial charge < -0.3 is 0 Å². The fourth-order valence-corrected chi connectivity index (χ4v) is 4.73. The Morgan fingerprint density at radius 1 is 0.611 bits per heavy atom. The van der Waals surface area contributed by atoms with Crippen molar-refractivity contribution in [3.8, 4) is 0 Å². The van der Waals surface area contributed by atoms with Gasteiger partial charge in [-0.3, -0.25) is 9.59 Å². The fourth-order valence-electron chi connectivity index (χ4n) is 4.73. The Morgan fingerprint density at radius 3 is 1.39 bits per heavy atom. The topological polar surface area (TPSA) is 34.1 Å². The summed E-state index contributed by atoms with van der Waals surface area (Å²) in [6, 6.07) is 0. The fraction of sp³-hybridized carbons (Fsp3) is 0.875. The van der Waals surface area contributed by atoms with Crippen molar-refractivity contribution in [3.05, 3.63) is 0 Å². The Bertz CT molecular complexity index is 323. The maximum absolute atomic E-state index is 12.4. The van der Waals surface area contributed by atoms with E-state index >= 15 is 0 Å². The number of carbonyl (C=O) groups is 2. The van der Waals surface area contributed by atoms with Crippen LogP contribution < -0.4 is 0 Å². The van der Waals surface area contributed by atoms with E-state index < -0.39 is 0 Å². The summed E-state index contributed by atoms with van der Waals surface area (Å²) in [5.74, 6) is 0.562. The number of Topliss-reactive ketones (excluding diaryl/α,β-unsaturated/α-hetero) is 2. The van der Waals surface area contributed by atoms with E-state index in [0.29, 0.717) is 0 Å². The molecule has 0 N–H and O–H groups in total. The van der Waals surface area contributed by atoms with Gasteiger partial charge in [-0.05, 0) is 32.1 Å². The number of hydrogen-bond donors (Lipinski definition) is 0. The van der Waals surface area contributed by atoms with Crippen LogP contribution in [-0.4, -0.2) is 11.6 Å². The SMILES string of the molecule is O=C1CC(=O)C2(CCCCC2)CC12CCCCC2. The molecule has 0 amide bonds. The molecule has 0 aliphatic heterocycles. The van der Waals surface area contributed by atoms with Crippen molar-refractivity contribution in [2.45, 2.75) is 77.0 Å². The second-order valence-corrected chi connectivity index (χ2v) is 6.88. The quantitative estimate of drug-likeness (QED) is 0.611. The summed E-state index contributed by atoms with van der Waals surface area (Å²) in [6.45, 7) is 0. The van der Waals surface area contributed by atoms with Crippen LogP contribution in [0.15, 0.2) is 0 Å². The second-order valence-electron chi connectivity index (χ2n) is 6.88. The molecule has 3 saturated carbocycles. The van der Waals surface area contributed by atoms with Crippen molar-refractivity contribution in [1.29, 1.82) is 0 Å². The number of hydrogen-bond acceptors (Lipinski definition) is 2. The van der Waals surface area contributed by atoms with Gasteiger partial charge in [0, 0.05) is 10.8 Å². The van der Waals surface area contributed by atoms with E-state index in [9.17, 15) is 9.59 Å².